The summed E-state index contributed by atoms with van der Waals surface area (Å²) in [5, 5.41) is 9.78. The number of pyridine rings is 1. The van der Waals surface area contributed by atoms with Crippen LogP contribution in [0, 0.1) is 0 Å². The molecule has 0 saturated heterocycles. The number of halogens is 3. The van der Waals surface area contributed by atoms with E-state index in [-0.39, 0.29) is 6.42 Å². The zero-order valence-corrected chi connectivity index (χ0v) is 17.5. The molecule has 0 amide bonds. The number of hydrogen-bond donors (Lipinski definition) is 1. The quantitative estimate of drug-likeness (QED) is 0.500. The lowest BCUT2D eigenvalue weighted by atomic mass is 9.86. The van der Waals surface area contributed by atoms with Gasteiger partial charge in [-0.3, -0.25) is 0 Å². The molecule has 0 bridgehead atoms. The van der Waals surface area contributed by atoms with Gasteiger partial charge in [0.15, 0.2) is 5.54 Å². The Bertz CT molecular complexity index is 993. The third-order valence-corrected chi connectivity index (χ3v) is 5.15. The van der Waals surface area contributed by atoms with Crippen LogP contribution in [0.3, 0.4) is 0 Å². The Morgan fingerprint density at radius 1 is 1.09 bits per heavy atom. The summed E-state index contributed by atoms with van der Waals surface area (Å²) in [5.41, 5.74) is -1.71. The highest BCUT2D eigenvalue weighted by Gasteiger charge is 2.49. The number of carboxylic acid groups (broad SMARTS) is 1. The molecule has 0 aliphatic carbocycles. The van der Waals surface area contributed by atoms with Gasteiger partial charge in [0, 0.05) is 32.1 Å². The zero-order valence-electron chi connectivity index (χ0n) is 17.5. The van der Waals surface area contributed by atoms with Crippen LogP contribution in [-0.2, 0) is 16.8 Å². The Labute approximate surface area is 183 Å². The lowest BCUT2D eigenvalue weighted by Gasteiger charge is -2.32. The Morgan fingerprint density at radius 3 is 2.34 bits per heavy atom. The van der Waals surface area contributed by atoms with Crippen molar-refractivity contribution in [2.24, 2.45) is 0 Å². The number of benzene rings is 1. The van der Waals surface area contributed by atoms with E-state index in [1.807, 2.05) is 30.1 Å². The molecule has 6 nitrogen and oxygen atoms in total. The summed E-state index contributed by atoms with van der Waals surface area (Å²) in [6.45, 7) is 0.961. The highest BCUT2D eigenvalue weighted by molar-refractivity contribution is 5.77. The molecule has 1 atom stereocenters. The van der Waals surface area contributed by atoms with Crippen molar-refractivity contribution < 1.29 is 27.8 Å². The summed E-state index contributed by atoms with van der Waals surface area (Å²) in [5.74, 6) is -0.184. The second kappa shape index (κ2) is 9.76. The summed E-state index contributed by atoms with van der Waals surface area (Å²) in [6.07, 6.45) is -2.06. The Hall–Kier alpha value is -3.49. The van der Waals surface area contributed by atoms with Gasteiger partial charge in [-0.05, 0) is 42.0 Å². The molecule has 0 radical (unpaired) electrons. The fourth-order valence-corrected chi connectivity index (χ4v) is 3.49. The second-order valence-corrected chi connectivity index (χ2v) is 7.50. The van der Waals surface area contributed by atoms with Crippen molar-refractivity contribution in [1.29, 1.82) is 0 Å². The van der Waals surface area contributed by atoms with Gasteiger partial charge in [-0.1, -0.05) is 18.2 Å². The van der Waals surface area contributed by atoms with E-state index < -0.39 is 24.1 Å². The molecule has 0 aliphatic rings. The number of nitrogens with zero attached hydrogens (tertiary/aromatic N) is 3. The van der Waals surface area contributed by atoms with Crippen molar-refractivity contribution in [2.75, 3.05) is 25.1 Å². The number of alkyl halides is 3. The van der Waals surface area contributed by atoms with Gasteiger partial charge in [0.2, 0.25) is 0 Å². The SMILES string of the molecule is CN(CCOc1ccc(CC(CC(F)(F)F)(C(=O)O)n2cccc2)cc1)c1ccccn1. The third-order valence-electron chi connectivity index (χ3n) is 5.15. The van der Waals surface area contributed by atoms with E-state index in [9.17, 15) is 23.1 Å². The first-order chi connectivity index (χ1) is 15.2. The van der Waals surface area contributed by atoms with E-state index in [1.54, 1.807) is 30.5 Å². The molecule has 0 saturated carbocycles. The average molecular weight is 447 g/mol. The van der Waals surface area contributed by atoms with E-state index in [1.165, 1.54) is 24.5 Å². The van der Waals surface area contributed by atoms with Crippen molar-refractivity contribution in [3.63, 3.8) is 0 Å². The molecular weight excluding hydrogens is 423 g/mol. The van der Waals surface area contributed by atoms with Crippen molar-refractivity contribution in [1.82, 2.24) is 9.55 Å². The van der Waals surface area contributed by atoms with E-state index in [2.05, 4.69) is 4.98 Å². The van der Waals surface area contributed by atoms with Crippen molar-refractivity contribution in [3.8, 4) is 5.75 Å². The van der Waals surface area contributed by atoms with E-state index in [0.29, 0.717) is 24.5 Å². The van der Waals surface area contributed by atoms with Crippen LogP contribution in [-0.4, -0.2) is 47.0 Å². The molecule has 32 heavy (non-hydrogen) atoms. The van der Waals surface area contributed by atoms with Crippen molar-refractivity contribution in [3.05, 3.63) is 78.8 Å². The van der Waals surface area contributed by atoms with Crippen LogP contribution >= 0.6 is 0 Å². The topological polar surface area (TPSA) is 67.6 Å². The number of aromatic nitrogens is 2. The number of anilines is 1. The second-order valence-electron chi connectivity index (χ2n) is 7.50. The van der Waals surface area contributed by atoms with Crippen LogP contribution in [0.4, 0.5) is 19.0 Å². The highest BCUT2D eigenvalue weighted by atomic mass is 19.4. The van der Waals surface area contributed by atoms with Gasteiger partial charge in [0.05, 0.1) is 13.0 Å². The van der Waals surface area contributed by atoms with Crippen LogP contribution < -0.4 is 9.64 Å². The predicted octanol–water partition coefficient (Wildman–Crippen LogP) is 4.37. The number of carbonyl (C=O) groups is 1. The van der Waals surface area contributed by atoms with Gasteiger partial charge in [-0.25, -0.2) is 9.78 Å². The number of aliphatic carboxylic acids is 1. The van der Waals surface area contributed by atoms with Crippen LogP contribution in [0.15, 0.2) is 73.2 Å². The first kappa shape index (κ1) is 23.2. The van der Waals surface area contributed by atoms with E-state index in [0.717, 1.165) is 10.4 Å². The van der Waals surface area contributed by atoms with Crippen molar-refractivity contribution >= 4 is 11.8 Å². The molecule has 3 rings (SSSR count). The first-order valence-electron chi connectivity index (χ1n) is 9.97. The number of hydrogen-bond acceptors (Lipinski definition) is 4. The van der Waals surface area contributed by atoms with Gasteiger partial charge in [-0.2, -0.15) is 13.2 Å². The molecule has 1 aromatic carbocycles. The molecule has 0 aliphatic heterocycles. The molecule has 3 aromatic rings. The van der Waals surface area contributed by atoms with Gasteiger partial charge >= 0.3 is 12.1 Å². The summed E-state index contributed by atoms with van der Waals surface area (Å²) < 4.78 is 46.7. The molecule has 9 heteroatoms. The van der Waals surface area contributed by atoms with E-state index in [4.69, 9.17) is 4.74 Å². The maximum Gasteiger partial charge on any atom is 0.391 e. The molecule has 0 fully saturated rings. The number of rotatable bonds is 10. The Morgan fingerprint density at radius 2 is 1.78 bits per heavy atom. The smallest absolute Gasteiger partial charge is 0.391 e. The minimum absolute atomic E-state index is 0.320. The van der Waals surface area contributed by atoms with E-state index >= 15 is 0 Å². The fraction of sp³-hybridized carbons (Fsp3) is 0.304. The minimum Gasteiger partial charge on any atom is -0.492 e. The monoisotopic (exact) mass is 447 g/mol. The van der Waals surface area contributed by atoms with Crippen LogP contribution in [0.5, 0.6) is 5.75 Å². The molecule has 1 N–H and O–H groups in total. The summed E-state index contributed by atoms with van der Waals surface area (Å²) in [4.78, 5) is 18.2. The molecular formula is C23H24F3N3O3. The summed E-state index contributed by atoms with van der Waals surface area (Å²) in [7, 11) is 1.89. The van der Waals surface area contributed by atoms with Crippen LogP contribution in [0.1, 0.15) is 12.0 Å². The third kappa shape index (κ3) is 5.81. The average Bonchev–Trinajstić information content (AvgIpc) is 3.29. The molecule has 2 heterocycles. The van der Waals surface area contributed by atoms with Crippen LogP contribution in [0.2, 0.25) is 0 Å². The molecule has 1 unspecified atom stereocenters. The summed E-state index contributed by atoms with van der Waals surface area (Å²) in [6, 6.07) is 15.1. The number of likely N-dealkylation sites (N-methyl/N-ethyl adjacent to an activating group) is 1. The first-order valence-corrected chi connectivity index (χ1v) is 9.97. The lowest BCUT2D eigenvalue weighted by molar-refractivity contribution is -0.176. The standard InChI is InChI=1S/C23H24F3N3O3/c1-28(20-6-2-3-11-27-20)14-15-32-19-9-7-18(8-10-19)16-22(21(30)31,17-23(24,25)26)29-12-4-5-13-29/h2-13H,14-17H2,1H3,(H,30,31). The highest BCUT2D eigenvalue weighted by Crippen LogP contribution is 2.36. The Kier molecular flexibility index (Phi) is 7.07. The van der Waals surface area contributed by atoms with Crippen LogP contribution in [0.25, 0.3) is 0 Å². The molecule has 0 spiro atoms. The molecule has 170 valence electrons. The maximum atomic E-state index is 13.3. The lowest BCUT2D eigenvalue weighted by Crippen LogP contribution is -2.46. The molecule has 2 aromatic heterocycles. The summed E-state index contributed by atoms with van der Waals surface area (Å²) >= 11 is 0. The van der Waals surface area contributed by atoms with Gasteiger partial charge < -0.3 is 19.3 Å². The number of carboxylic acids is 1. The minimum atomic E-state index is -4.65. The zero-order chi connectivity index (χ0) is 23.2. The predicted molar refractivity (Wildman–Crippen MR) is 114 cm³/mol. The van der Waals surface area contributed by atoms with Gasteiger partial charge in [0.25, 0.3) is 0 Å². The van der Waals surface area contributed by atoms with Gasteiger partial charge in [-0.15, -0.1) is 0 Å². The maximum absolute atomic E-state index is 13.3. The largest absolute Gasteiger partial charge is 0.492 e. The normalized spacial score (nSPS) is 13.4. The number of ether oxygens (including phenoxy) is 1. The van der Waals surface area contributed by atoms with Gasteiger partial charge in [0.1, 0.15) is 18.2 Å². The van der Waals surface area contributed by atoms with Crippen molar-refractivity contribution in [2.45, 2.75) is 24.6 Å². The fourth-order valence-electron chi connectivity index (χ4n) is 3.49. The Balaban J connectivity index is 1.68.